The van der Waals surface area contributed by atoms with Gasteiger partial charge >= 0.3 is 0 Å². The van der Waals surface area contributed by atoms with Crippen molar-refractivity contribution >= 4 is 9.84 Å². The predicted octanol–water partition coefficient (Wildman–Crippen LogP) is 2.12. The van der Waals surface area contributed by atoms with Crippen molar-refractivity contribution in [1.29, 1.82) is 0 Å². The number of rotatable bonds is 1. The van der Waals surface area contributed by atoms with Crippen molar-refractivity contribution in [1.82, 2.24) is 0 Å². The highest BCUT2D eigenvalue weighted by Gasteiger charge is 2.21. The topological polar surface area (TPSA) is 34.1 Å². The second-order valence-electron chi connectivity index (χ2n) is 3.58. The van der Waals surface area contributed by atoms with Crippen molar-refractivity contribution in [2.75, 3.05) is 5.75 Å². The summed E-state index contributed by atoms with van der Waals surface area (Å²) in [6.07, 6.45) is 4.64. The first kappa shape index (κ1) is 9.78. The van der Waals surface area contributed by atoms with Crippen LogP contribution in [0.5, 0.6) is 0 Å². The van der Waals surface area contributed by atoms with Crippen LogP contribution < -0.4 is 0 Å². The van der Waals surface area contributed by atoms with Crippen molar-refractivity contribution in [2.24, 2.45) is 5.92 Å². The van der Waals surface area contributed by atoms with Crippen LogP contribution in [0.3, 0.4) is 0 Å². The van der Waals surface area contributed by atoms with Crippen LogP contribution in [0, 0.1) is 5.92 Å². The third-order valence-electron chi connectivity index (χ3n) is 2.14. The van der Waals surface area contributed by atoms with Gasteiger partial charge in [0.15, 0.2) is 9.84 Å². The molecule has 0 aromatic heterocycles. The molecule has 12 heavy (non-hydrogen) atoms. The molecule has 0 bridgehead atoms. The maximum atomic E-state index is 11.6. The van der Waals surface area contributed by atoms with Gasteiger partial charge in [0.2, 0.25) is 0 Å². The minimum Gasteiger partial charge on any atom is -0.224 e. The van der Waals surface area contributed by atoms with Gasteiger partial charge < -0.3 is 0 Å². The fourth-order valence-electron chi connectivity index (χ4n) is 1.52. The summed E-state index contributed by atoms with van der Waals surface area (Å²) in [5.74, 6) is 0.491. The van der Waals surface area contributed by atoms with E-state index in [2.05, 4.69) is 0 Å². The Morgan fingerprint density at radius 1 is 1.33 bits per heavy atom. The molecule has 2 nitrogen and oxygen atoms in total. The number of hydrogen-bond donors (Lipinski definition) is 0. The molecular weight excluding hydrogens is 172 g/mol. The van der Waals surface area contributed by atoms with Gasteiger partial charge in [-0.1, -0.05) is 19.9 Å². The van der Waals surface area contributed by atoms with Crippen molar-refractivity contribution in [3.05, 3.63) is 11.0 Å². The van der Waals surface area contributed by atoms with Gasteiger partial charge in [-0.25, -0.2) is 8.42 Å². The first-order chi connectivity index (χ1) is 5.54. The summed E-state index contributed by atoms with van der Waals surface area (Å²) in [5.41, 5.74) is 0. The molecule has 0 atom stereocenters. The molecule has 0 spiro atoms. The van der Waals surface area contributed by atoms with Gasteiger partial charge in [-0.2, -0.15) is 0 Å². The monoisotopic (exact) mass is 188 g/mol. The normalized spacial score (nSPS) is 23.4. The van der Waals surface area contributed by atoms with Crippen LogP contribution in [0.1, 0.15) is 33.1 Å². The maximum absolute atomic E-state index is 11.6. The largest absolute Gasteiger partial charge is 0.224 e. The molecule has 0 radical (unpaired) electrons. The molecule has 0 aromatic carbocycles. The highest BCUT2D eigenvalue weighted by Crippen LogP contribution is 2.23. The third-order valence-corrected chi connectivity index (χ3v) is 4.32. The fraction of sp³-hybridized carbons (Fsp3) is 0.778. The van der Waals surface area contributed by atoms with E-state index in [4.69, 9.17) is 0 Å². The molecule has 1 heterocycles. The van der Waals surface area contributed by atoms with Gasteiger partial charge in [0, 0.05) is 4.91 Å². The average molecular weight is 188 g/mol. The van der Waals surface area contributed by atoms with Crippen molar-refractivity contribution in [3.63, 3.8) is 0 Å². The third kappa shape index (κ3) is 2.09. The molecular formula is C9H16O2S. The Balaban J connectivity index is 2.98. The minimum absolute atomic E-state index is 0.146. The van der Waals surface area contributed by atoms with Gasteiger partial charge in [0.05, 0.1) is 5.75 Å². The minimum atomic E-state index is -2.90. The molecule has 0 unspecified atom stereocenters. The Bertz CT molecular complexity index is 273. The molecule has 1 rings (SSSR count). The van der Waals surface area contributed by atoms with E-state index in [0.717, 1.165) is 19.3 Å². The van der Waals surface area contributed by atoms with Crippen LogP contribution >= 0.6 is 0 Å². The summed E-state index contributed by atoms with van der Waals surface area (Å²) in [4.78, 5) is 0.653. The van der Waals surface area contributed by atoms with Gasteiger partial charge in [-0.15, -0.1) is 0 Å². The van der Waals surface area contributed by atoms with Crippen LogP contribution in [-0.4, -0.2) is 14.2 Å². The average Bonchev–Trinajstić information content (AvgIpc) is 2.09. The van der Waals surface area contributed by atoms with Crippen molar-refractivity contribution < 1.29 is 8.42 Å². The maximum Gasteiger partial charge on any atom is 0.174 e. The van der Waals surface area contributed by atoms with E-state index in [-0.39, 0.29) is 5.92 Å². The number of hydrogen-bond acceptors (Lipinski definition) is 2. The molecule has 0 amide bonds. The lowest BCUT2D eigenvalue weighted by atomic mass is 10.1. The van der Waals surface area contributed by atoms with E-state index in [1.165, 1.54) is 0 Å². The van der Waals surface area contributed by atoms with Gasteiger partial charge in [0.25, 0.3) is 0 Å². The van der Waals surface area contributed by atoms with Crippen molar-refractivity contribution in [2.45, 2.75) is 33.1 Å². The molecule has 0 aromatic rings. The molecule has 1 aliphatic heterocycles. The zero-order valence-electron chi connectivity index (χ0n) is 7.71. The lowest BCUT2D eigenvalue weighted by molar-refractivity contribution is 0.593. The second kappa shape index (κ2) is 3.60. The summed E-state index contributed by atoms with van der Waals surface area (Å²) in [6, 6.07) is 0. The number of sulfone groups is 1. The molecule has 0 N–H and O–H groups in total. The first-order valence-electron chi connectivity index (χ1n) is 4.47. The summed E-state index contributed by atoms with van der Waals surface area (Å²) < 4.78 is 23.1. The van der Waals surface area contributed by atoms with E-state index >= 15 is 0 Å². The van der Waals surface area contributed by atoms with Crippen LogP contribution in [0.2, 0.25) is 0 Å². The van der Waals surface area contributed by atoms with E-state index in [1.807, 2.05) is 19.9 Å². The van der Waals surface area contributed by atoms with Gasteiger partial charge in [0.1, 0.15) is 0 Å². The molecule has 0 aliphatic carbocycles. The summed E-state index contributed by atoms with van der Waals surface area (Å²) in [6.45, 7) is 3.88. The van der Waals surface area contributed by atoms with E-state index in [1.54, 1.807) is 0 Å². The van der Waals surface area contributed by atoms with Crippen LogP contribution in [0.25, 0.3) is 0 Å². The van der Waals surface area contributed by atoms with E-state index in [0.29, 0.717) is 10.7 Å². The van der Waals surface area contributed by atoms with Crippen LogP contribution in [-0.2, 0) is 9.84 Å². The van der Waals surface area contributed by atoms with Gasteiger partial charge in [-0.3, -0.25) is 0 Å². The zero-order chi connectivity index (χ0) is 9.19. The second-order valence-corrected chi connectivity index (χ2v) is 5.68. The summed E-state index contributed by atoms with van der Waals surface area (Å²) >= 11 is 0. The Morgan fingerprint density at radius 2 is 2.00 bits per heavy atom. The number of allylic oxidation sites excluding steroid dienone is 2. The molecule has 70 valence electrons. The SMILES string of the molecule is CC(C)C1=CCCCCS1(=O)=O. The van der Waals surface area contributed by atoms with E-state index in [9.17, 15) is 8.42 Å². The predicted molar refractivity (Wildman–Crippen MR) is 50.6 cm³/mol. The van der Waals surface area contributed by atoms with Crippen LogP contribution in [0.15, 0.2) is 11.0 Å². The fourth-order valence-corrected chi connectivity index (χ4v) is 3.43. The molecule has 3 heteroatoms. The Kier molecular flexibility index (Phi) is 2.94. The van der Waals surface area contributed by atoms with E-state index < -0.39 is 9.84 Å². The standard InChI is InChI=1S/C9H16O2S/c1-8(2)9-6-4-3-5-7-12(9,10)11/h6,8H,3-5,7H2,1-2H3. The summed E-state index contributed by atoms with van der Waals surface area (Å²) in [5, 5.41) is 0. The first-order valence-corrected chi connectivity index (χ1v) is 6.12. The lowest BCUT2D eigenvalue weighted by Crippen LogP contribution is -2.11. The smallest absolute Gasteiger partial charge is 0.174 e. The Hall–Kier alpha value is -0.310. The quantitative estimate of drug-likeness (QED) is 0.631. The Morgan fingerprint density at radius 3 is 2.58 bits per heavy atom. The molecule has 0 saturated heterocycles. The van der Waals surface area contributed by atoms with Gasteiger partial charge in [-0.05, 0) is 25.2 Å². The van der Waals surface area contributed by atoms with Crippen molar-refractivity contribution in [3.8, 4) is 0 Å². The van der Waals surface area contributed by atoms with Crippen LogP contribution in [0.4, 0.5) is 0 Å². The molecule has 0 fully saturated rings. The lowest BCUT2D eigenvalue weighted by Gasteiger charge is -2.09. The highest BCUT2D eigenvalue weighted by atomic mass is 32.2. The molecule has 1 aliphatic rings. The summed E-state index contributed by atoms with van der Waals surface area (Å²) in [7, 11) is -2.90. The highest BCUT2D eigenvalue weighted by molar-refractivity contribution is 7.95. The molecule has 0 saturated carbocycles. The zero-order valence-corrected chi connectivity index (χ0v) is 8.52. The Labute approximate surface area is 74.6 Å².